The third-order valence-corrected chi connectivity index (χ3v) is 4.67. The molecule has 0 unspecified atom stereocenters. The van der Waals surface area contributed by atoms with Gasteiger partial charge in [-0.3, -0.25) is 9.69 Å². The van der Waals surface area contributed by atoms with E-state index in [9.17, 15) is 9.90 Å². The van der Waals surface area contributed by atoms with Crippen molar-refractivity contribution in [3.8, 4) is 5.75 Å². The van der Waals surface area contributed by atoms with Crippen LogP contribution in [0.1, 0.15) is 18.4 Å². The minimum atomic E-state index is 0.181. The number of hydrogen-bond donors (Lipinski definition) is 1. The molecule has 1 aliphatic heterocycles. The van der Waals surface area contributed by atoms with E-state index in [-0.39, 0.29) is 11.8 Å². The lowest BCUT2D eigenvalue weighted by molar-refractivity contribution is -0.134. The molecule has 0 atom stereocenters. The van der Waals surface area contributed by atoms with E-state index in [0.29, 0.717) is 5.75 Å². The fourth-order valence-corrected chi connectivity index (χ4v) is 3.34. The summed E-state index contributed by atoms with van der Waals surface area (Å²) in [6.07, 6.45) is 1.89. The summed E-state index contributed by atoms with van der Waals surface area (Å²) < 4.78 is 0. The summed E-state index contributed by atoms with van der Waals surface area (Å²) in [5, 5.41) is 11.7. The Morgan fingerprint density at radius 1 is 1.13 bits per heavy atom. The lowest BCUT2D eigenvalue weighted by Crippen LogP contribution is -2.39. The summed E-state index contributed by atoms with van der Waals surface area (Å²) in [5.41, 5.74) is 1.28. The van der Waals surface area contributed by atoms with Crippen molar-refractivity contribution in [3.05, 3.63) is 42.0 Å². The molecule has 1 heterocycles. The second-order valence-electron chi connectivity index (χ2n) is 6.65. The van der Waals surface area contributed by atoms with Crippen molar-refractivity contribution in [1.82, 2.24) is 9.80 Å². The fraction of sp³-hybridized carbons (Fsp3) is 0.421. The number of nitrogens with zero attached hydrogens (tertiary/aromatic N) is 2. The number of phenolic OH excluding ortho intramolecular Hbond substituents is 1. The number of rotatable bonds is 3. The molecule has 0 bridgehead atoms. The van der Waals surface area contributed by atoms with E-state index < -0.39 is 0 Å². The number of piperidine rings is 1. The third-order valence-electron chi connectivity index (χ3n) is 4.67. The average molecular weight is 312 g/mol. The zero-order valence-corrected chi connectivity index (χ0v) is 13.8. The maximum atomic E-state index is 12.0. The molecule has 1 N–H and O–H groups in total. The van der Waals surface area contributed by atoms with Gasteiger partial charge in [-0.05, 0) is 60.5 Å². The summed E-state index contributed by atoms with van der Waals surface area (Å²) >= 11 is 0. The smallest absolute Gasteiger partial charge is 0.225 e. The van der Waals surface area contributed by atoms with Crippen LogP contribution >= 0.6 is 0 Å². The minimum absolute atomic E-state index is 0.181. The Balaban J connectivity index is 1.62. The molecule has 0 spiro atoms. The van der Waals surface area contributed by atoms with Crippen LogP contribution in [0.3, 0.4) is 0 Å². The molecule has 4 nitrogen and oxygen atoms in total. The minimum Gasteiger partial charge on any atom is -0.508 e. The SMILES string of the molecule is CN(C)C(=O)C1CCN(Cc2ccc3cc(O)ccc3c2)CC1. The number of carbonyl (C=O) groups excluding carboxylic acids is 1. The van der Waals surface area contributed by atoms with E-state index in [1.54, 1.807) is 17.0 Å². The molecular weight excluding hydrogens is 288 g/mol. The van der Waals surface area contributed by atoms with Gasteiger partial charge in [0.05, 0.1) is 0 Å². The number of likely N-dealkylation sites (tertiary alicyclic amines) is 1. The first-order chi connectivity index (χ1) is 11.0. The molecule has 2 aromatic carbocycles. The predicted octanol–water partition coefficient (Wildman–Crippen LogP) is 2.85. The highest BCUT2D eigenvalue weighted by Crippen LogP contribution is 2.24. The largest absolute Gasteiger partial charge is 0.508 e. The van der Waals surface area contributed by atoms with Crippen LogP contribution in [0.25, 0.3) is 10.8 Å². The second-order valence-corrected chi connectivity index (χ2v) is 6.65. The molecule has 4 heteroatoms. The summed E-state index contributed by atoms with van der Waals surface area (Å²) in [7, 11) is 3.67. The molecule has 0 radical (unpaired) electrons. The van der Waals surface area contributed by atoms with E-state index in [1.807, 2.05) is 20.2 Å². The zero-order valence-electron chi connectivity index (χ0n) is 13.8. The molecule has 0 aliphatic carbocycles. The highest BCUT2D eigenvalue weighted by Gasteiger charge is 2.25. The van der Waals surface area contributed by atoms with Crippen molar-refractivity contribution >= 4 is 16.7 Å². The summed E-state index contributed by atoms with van der Waals surface area (Å²) in [6, 6.07) is 11.8. The van der Waals surface area contributed by atoms with Crippen LogP contribution in [0.2, 0.25) is 0 Å². The first-order valence-electron chi connectivity index (χ1n) is 8.18. The van der Waals surface area contributed by atoms with Crippen molar-refractivity contribution in [2.24, 2.45) is 5.92 Å². The van der Waals surface area contributed by atoms with E-state index in [1.165, 1.54) is 5.56 Å². The van der Waals surface area contributed by atoms with Gasteiger partial charge < -0.3 is 10.0 Å². The Morgan fingerprint density at radius 3 is 2.48 bits per heavy atom. The molecule has 1 aliphatic rings. The fourth-order valence-electron chi connectivity index (χ4n) is 3.34. The van der Waals surface area contributed by atoms with Crippen LogP contribution in [0.15, 0.2) is 36.4 Å². The lowest BCUT2D eigenvalue weighted by atomic mass is 9.95. The molecule has 1 amide bonds. The molecule has 0 saturated carbocycles. The van der Waals surface area contributed by atoms with E-state index in [0.717, 1.165) is 43.2 Å². The van der Waals surface area contributed by atoms with Crippen molar-refractivity contribution < 1.29 is 9.90 Å². The Kier molecular flexibility index (Phi) is 4.53. The Morgan fingerprint density at radius 2 is 1.78 bits per heavy atom. The van der Waals surface area contributed by atoms with Crippen molar-refractivity contribution in [2.75, 3.05) is 27.2 Å². The van der Waals surface area contributed by atoms with Crippen molar-refractivity contribution in [1.29, 1.82) is 0 Å². The summed E-state index contributed by atoms with van der Waals surface area (Å²) in [5.74, 6) is 0.744. The number of benzene rings is 2. The van der Waals surface area contributed by atoms with Gasteiger partial charge in [0, 0.05) is 26.6 Å². The van der Waals surface area contributed by atoms with Gasteiger partial charge in [-0.15, -0.1) is 0 Å². The standard InChI is InChI=1S/C19H24N2O2/c1-20(2)19(23)15-7-9-21(10-8-15)13-14-3-4-17-12-18(22)6-5-16(17)11-14/h3-6,11-12,15,22H,7-10,13H2,1-2H3. The summed E-state index contributed by atoms with van der Waals surface area (Å²) in [6.45, 7) is 2.86. The molecule has 0 aromatic heterocycles. The highest BCUT2D eigenvalue weighted by atomic mass is 16.3. The number of amides is 1. The predicted molar refractivity (Wildman–Crippen MR) is 92.3 cm³/mol. The number of aromatic hydroxyl groups is 1. The number of hydrogen-bond acceptors (Lipinski definition) is 3. The highest BCUT2D eigenvalue weighted by molar-refractivity contribution is 5.84. The van der Waals surface area contributed by atoms with Crippen molar-refractivity contribution in [3.63, 3.8) is 0 Å². The van der Waals surface area contributed by atoms with Crippen LogP contribution in [0.5, 0.6) is 5.75 Å². The van der Waals surface area contributed by atoms with Crippen LogP contribution in [0, 0.1) is 5.92 Å². The maximum Gasteiger partial charge on any atom is 0.225 e. The van der Waals surface area contributed by atoms with Gasteiger partial charge in [-0.2, -0.15) is 0 Å². The van der Waals surface area contributed by atoms with E-state index >= 15 is 0 Å². The first kappa shape index (κ1) is 15.8. The Bertz CT molecular complexity index is 704. The van der Waals surface area contributed by atoms with E-state index in [2.05, 4.69) is 23.1 Å². The van der Waals surface area contributed by atoms with E-state index in [4.69, 9.17) is 0 Å². The van der Waals surface area contributed by atoms with Gasteiger partial charge in [-0.25, -0.2) is 0 Å². The molecule has 1 fully saturated rings. The molecule has 23 heavy (non-hydrogen) atoms. The zero-order chi connectivity index (χ0) is 16.4. The number of fused-ring (bicyclic) bond motifs is 1. The molecule has 122 valence electrons. The monoisotopic (exact) mass is 312 g/mol. The molecule has 3 rings (SSSR count). The average Bonchev–Trinajstić information content (AvgIpc) is 2.55. The number of phenols is 1. The normalized spacial score (nSPS) is 16.6. The Hall–Kier alpha value is -2.07. The van der Waals surface area contributed by atoms with Gasteiger partial charge >= 0.3 is 0 Å². The topological polar surface area (TPSA) is 43.8 Å². The summed E-state index contributed by atoms with van der Waals surface area (Å²) in [4.78, 5) is 16.1. The van der Waals surface area contributed by atoms with Crippen LogP contribution in [-0.2, 0) is 11.3 Å². The quantitative estimate of drug-likeness (QED) is 0.948. The second kappa shape index (κ2) is 6.59. The van der Waals surface area contributed by atoms with Crippen LogP contribution in [0.4, 0.5) is 0 Å². The van der Waals surface area contributed by atoms with Gasteiger partial charge in [-0.1, -0.05) is 18.2 Å². The first-order valence-corrected chi connectivity index (χ1v) is 8.18. The molecule has 2 aromatic rings. The van der Waals surface area contributed by atoms with Gasteiger partial charge in [0.25, 0.3) is 0 Å². The maximum absolute atomic E-state index is 12.0. The number of carbonyl (C=O) groups is 1. The van der Waals surface area contributed by atoms with Crippen LogP contribution < -0.4 is 0 Å². The lowest BCUT2D eigenvalue weighted by Gasteiger charge is -2.32. The molecule has 1 saturated heterocycles. The van der Waals surface area contributed by atoms with Crippen molar-refractivity contribution in [2.45, 2.75) is 19.4 Å². The third kappa shape index (κ3) is 3.64. The van der Waals surface area contributed by atoms with Gasteiger partial charge in [0.1, 0.15) is 5.75 Å². The molecular formula is C19H24N2O2. The van der Waals surface area contributed by atoms with Gasteiger partial charge in [0.15, 0.2) is 0 Å². The van der Waals surface area contributed by atoms with Crippen LogP contribution in [-0.4, -0.2) is 48.0 Å². The van der Waals surface area contributed by atoms with Gasteiger partial charge in [0.2, 0.25) is 5.91 Å². The Labute approximate surface area is 137 Å².